The molecule has 0 aliphatic heterocycles. The molecule has 1 aromatic rings. The molecule has 1 unspecified atom stereocenters. The van der Waals surface area contributed by atoms with Crippen molar-refractivity contribution in [2.45, 2.75) is 64.8 Å². The van der Waals surface area contributed by atoms with Crippen molar-refractivity contribution in [3.05, 3.63) is 23.3 Å². The lowest BCUT2D eigenvalue weighted by atomic mass is 10.1. The molecule has 21 heavy (non-hydrogen) atoms. The van der Waals surface area contributed by atoms with Crippen LogP contribution in [0.15, 0.2) is 17.0 Å². The summed E-state index contributed by atoms with van der Waals surface area (Å²) in [6, 6.07) is 3.66. The molecule has 120 valence electrons. The van der Waals surface area contributed by atoms with Gasteiger partial charge in [0.05, 0.1) is 5.69 Å². The van der Waals surface area contributed by atoms with E-state index in [0.717, 1.165) is 24.8 Å². The molecule has 1 rings (SSSR count). The summed E-state index contributed by atoms with van der Waals surface area (Å²) >= 11 is 0. The van der Waals surface area contributed by atoms with E-state index in [9.17, 15) is 8.42 Å². The van der Waals surface area contributed by atoms with Gasteiger partial charge in [-0.15, -0.1) is 0 Å². The molecule has 5 heteroatoms. The number of nitrogens with zero attached hydrogens (tertiary/aromatic N) is 1. The Labute approximate surface area is 129 Å². The van der Waals surface area contributed by atoms with E-state index < -0.39 is 10.0 Å². The van der Waals surface area contributed by atoms with Gasteiger partial charge in [0.15, 0.2) is 0 Å². The number of nitrogens with two attached hydrogens (primary N) is 1. The zero-order chi connectivity index (χ0) is 16.2. The van der Waals surface area contributed by atoms with Crippen LogP contribution in [0.5, 0.6) is 0 Å². The molecule has 0 saturated heterocycles. The summed E-state index contributed by atoms with van der Waals surface area (Å²) in [5, 5.41) is 0. The van der Waals surface area contributed by atoms with E-state index in [-0.39, 0.29) is 10.9 Å². The first-order chi connectivity index (χ1) is 9.77. The SMILES string of the molecule is CCCCN(C(C)CC)S(=O)(=O)c1c(C)ccc(C)c1N. The Hall–Kier alpha value is -1.07. The second kappa shape index (κ2) is 7.27. The van der Waals surface area contributed by atoms with Gasteiger partial charge >= 0.3 is 0 Å². The van der Waals surface area contributed by atoms with Crippen molar-refractivity contribution < 1.29 is 8.42 Å². The number of hydrogen-bond donors (Lipinski definition) is 1. The van der Waals surface area contributed by atoms with Crippen molar-refractivity contribution in [3.63, 3.8) is 0 Å². The van der Waals surface area contributed by atoms with Gasteiger partial charge in [-0.2, -0.15) is 4.31 Å². The molecule has 1 atom stereocenters. The maximum atomic E-state index is 13.1. The Kier molecular flexibility index (Phi) is 6.23. The van der Waals surface area contributed by atoms with Crippen LogP contribution >= 0.6 is 0 Å². The number of benzene rings is 1. The molecular formula is C16H28N2O2S. The largest absolute Gasteiger partial charge is 0.397 e. The zero-order valence-electron chi connectivity index (χ0n) is 13.8. The van der Waals surface area contributed by atoms with Crippen molar-refractivity contribution in [3.8, 4) is 0 Å². The number of hydrogen-bond acceptors (Lipinski definition) is 3. The Morgan fingerprint density at radius 1 is 1.19 bits per heavy atom. The first kappa shape index (κ1) is 18.0. The number of aryl methyl sites for hydroxylation is 2. The summed E-state index contributed by atoms with van der Waals surface area (Å²) in [6.07, 6.45) is 2.60. The predicted octanol–water partition coefficient (Wildman–Crippen LogP) is 3.47. The van der Waals surface area contributed by atoms with Crippen LogP contribution in [0.2, 0.25) is 0 Å². The maximum Gasteiger partial charge on any atom is 0.245 e. The van der Waals surface area contributed by atoms with E-state index in [1.807, 2.05) is 32.9 Å². The highest BCUT2D eigenvalue weighted by molar-refractivity contribution is 7.89. The molecule has 0 aliphatic rings. The van der Waals surface area contributed by atoms with Crippen LogP contribution in [0.3, 0.4) is 0 Å². The van der Waals surface area contributed by atoms with Crippen LogP contribution in [0, 0.1) is 13.8 Å². The van der Waals surface area contributed by atoms with Gasteiger partial charge in [0.1, 0.15) is 4.90 Å². The van der Waals surface area contributed by atoms with Gasteiger partial charge in [-0.05, 0) is 44.7 Å². The highest BCUT2D eigenvalue weighted by Gasteiger charge is 2.31. The minimum atomic E-state index is -3.56. The summed E-state index contributed by atoms with van der Waals surface area (Å²) in [5.41, 5.74) is 7.96. The number of sulfonamides is 1. The number of anilines is 1. The van der Waals surface area contributed by atoms with Gasteiger partial charge in [-0.1, -0.05) is 32.4 Å². The minimum Gasteiger partial charge on any atom is -0.397 e. The summed E-state index contributed by atoms with van der Waals surface area (Å²) in [5.74, 6) is 0. The minimum absolute atomic E-state index is 0.0270. The molecule has 0 bridgehead atoms. The molecule has 0 aliphatic carbocycles. The second-order valence-electron chi connectivity index (χ2n) is 5.67. The fourth-order valence-corrected chi connectivity index (χ4v) is 4.50. The normalized spacial score (nSPS) is 13.6. The van der Waals surface area contributed by atoms with E-state index >= 15 is 0 Å². The summed E-state index contributed by atoms with van der Waals surface area (Å²) < 4.78 is 27.8. The Morgan fingerprint density at radius 3 is 2.29 bits per heavy atom. The molecule has 0 fully saturated rings. The lowest BCUT2D eigenvalue weighted by molar-refractivity contribution is 0.324. The number of nitrogen functional groups attached to an aromatic ring is 1. The molecule has 0 saturated carbocycles. The third-order valence-electron chi connectivity index (χ3n) is 3.99. The van der Waals surface area contributed by atoms with Crippen molar-refractivity contribution >= 4 is 15.7 Å². The molecule has 2 N–H and O–H groups in total. The fraction of sp³-hybridized carbons (Fsp3) is 0.625. The predicted molar refractivity (Wildman–Crippen MR) is 88.9 cm³/mol. The molecular weight excluding hydrogens is 284 g/mol. The van der Waals surface area contributed by atoms with Crippen molar-refractivity contribution in [2.75, 3.05) is 12.3 Å². The second-order valence-corrected chi connectivity index (χ2v) is 7.50. The van der Waals surface area contributed by atoms with Gasteiger partial charge < -0.3 is 5.73 Å². The highest BCUT2D eigenvalue weighted by atomic mass is 32.2. The Balaban J connectivity index is 3.39. The van der Waals surface area contributed by atoms with Crippen LogP contribution in [0.1, 0.15) is 51.2 Å². The molecule has 0 aromatic heterocycles. The molecule has 4 nitrogen and oxygen atoms in total. The molecule has 0 amide bonds. The van der Waals surface area contributed by atoms with Gasteiger partial charge in [0.25, 0.3) is 0 Å². The number of unbranched alkanes of at least 4 members (excludes halogenated alkanes) is 1. The van der Waals surface area contributed by atoms with Crippen LogP contribution in [0.4, 0.5) is 5.69 Å². The molecule has 0 heterocycles. The molecule has 1 aromatic carbocycles. The number of rotatable bonds is 7. The Bertz CT molecular complexity index is 582. The van der Waals surface area contributed by atoms with Crippen LogP contribution in [0.25, 0.3) is 0 Å². The zero-order valence-corrected chi connectivity index (χ0v) is 14.6. The molecule has 0 radical (unpaired) electrons. The van der Waals surface area contributed by atoms with E-state index in [4.69, 9.17) is 5.73 Å². The fourth-order valence-electron chi connectivity index (χ4n) is 2.36. The van der Waals surface area contributed by atoms with Gasteiger partial charge in [-0.25, -0.2) is 8.42 Å². The van der Waals surface area contributed by atoms with Crippen molar-refractivity contribution in [2.24, 2.45) is 0 Å². The summed E-state index contributed by atoms with van der Waals surface area (Å²) in [6.45, 7) is 10.2. The maximum absolute atomic E-state index is 13.1. The highest BCUT2D eigenvalue weighted by Crippen LogP contribution is 2.30. The lowest BCUT2D eigenvalue weighted by Crippen LogP contribution is -2.39. The standard InChI is InChI=1S/C16H28N2O2S/c1-6-8-11-18(14(5)7-2)21(19,20)16-13(4)10-9-12(3)15(16)17/h9-10,14H,6-8,11,17H2,1-5H3. The van der Waals surface area contributed by atoms with Gasteiger partial charge in [-0.3, -0.25) is 0 Å². The Morgan fingerprint density at radius 2 is 1.76 bits per heavy atom. The van der Waals surface area contributed by atoms with E-state index in [0.29, 0.717) is 17.8 Å². The first-order valence-electron chi connectivity index (χ1n) is 7.64. The third-order valence-corrected chi connectivity index (χ3v) is 6.21. The van der Waals surface area contributed by atoms with E-state index in [1.165, 1.54) is 0 Å². The van der Waals surface area contributed by atoms with Crippen molar-refractivity contribution in [1.29, 1.82) is 0 Å². The first-order valence-corrected chi connectivity index (χ1v) is 9.08. The topological polar surface area (TPSA) is 63.4 Å². The van der Waals surface area contributed by atoms with E-state index in [2.05, 4.69) is 6.92 Å². The van der Waals surface area contributed by atoms with Gasteiger partial charge in [0.2, 0.25) is 10.0 Å². The monoisotopic (exact) mass is 312 g/mol. The average Bonchev–Trinajstić information content (AvgIpc) is 2.43. The smallest absolute Gasteiger partial charge is 0.245 e. The molecule has 0 spiro atoms. The van der Waals surface area contributed by atoms with Crippen LogP contribution in [-0.2, 0) is 10.0 Å². The van der Waals surface area contributed by atoms with Crippen LogP contribution < -0.4 is 5.73 Å². The summed E-state index contributed by atoms with van der Waals surface area (Å²) in [4.78, 5) is 0.277. The van der Waals surface area contributed by atoms with Crippen LogP contribution in [-0.4, -0.2) is 25.3 Å². The van der Waals surface area contributed by atoms with E-state index in [1.54, 1.807) is 11.2 Å². The third kappa shape index (κ3) is 3.77. The quantitative estimate of drug-likeness (QED) is 0.784. The lowest BCUT2D eigenvalue weighted by Gasteiger charge is -2.29. The summed E-state index contributed by atoms with van der Waals surface area (Å²) in [7, 11) is -3.56. The van der Waals surface area contributed by atoms with Crippen molar-refractivity contribution in [1.82, 2.24) is 4.31 Å². The van der Waals surface area contributed by atoms with Gasteiger partial charge in [0, 0.05) is 12.6 Å². The average molecular weight is 312 g/mol.